The minimum absolute atomic E-state index is 0. The standard InChI is InChI=1S/C39H41.C12H11Si.2ClH.Zr/c1-8-13-27-21-33-30(25-14-10-9-11-15-25)16-12-17-31(33)37(27)36-24-29(39(5,6)7)23-35-32-22-28(38(2,3)4)19-18-26(32)20-34(35)36;1-3-7-11(8-4-1)13-12-9-5-2-6-10-12;;;/h9-12,14-24,37H,8,13H2,1-7H3;1-10,13H;2*1H;/q;;;;+2/p-2. The van der Waals surface area contributed by atoms with E-state index in [1.54, 1.807) is 32.6 Å². The Morgan fingerprint density at radius 3 is 1.71 bits per heavy atom. The van der Waals surface area contributed by atoms with Crippen LogP contribution < -0.4 is 35.2 Å². The Morgan fingerprint density at radius 1 is 0.545 bits per heavy atom. The van der Waals surface area contributed by atoms with Crippen LogP contribution in [0, 0.1) is 0 Å². The number of benzene rings is 6. The molecule has 2 unspecified atom stereocenters. The van der Waals surface area contributed by atoms with Gasteiger partial charge in [0.05, 0.1) is 0 Å². The molecule has 0 radical (unpaired) electrons. The largest absolute Gasteiger partial charge is 1.00 e. The van der Waals surface area contributed by atoms with Crippen LogP contribution in [0.4, 0.5) is 0 Å². The maximum atomic E-state index is 2.67. The SMILES string of the molecule is CCCC1=Cc2c(-c3ccccc3)cccc2C1c1cc(C(C)(C)C)cc2c1[CH]([Zr+2][SiH](c1ccccc1)c1ccccc1)c1ccc(C(C)(C)C)cc1-2.[Cl-].[Cl-]. The molecule has 278 valence electrons. The normalized spacial score (nSPS) is 15.6. The third-order valence-corrected chi connectivity index (χ3v) is 25.6. The average Bonchev–Trinajstić information content (AvgIpc) is 3.68. The van der Waals surface area contributed by atoms with Crippen molar-refractivity contribution in [1.82, 2.24) is 0 Å². The van der Waals surface area contributed by atoms with E-state index in [4.69, 9.17) is 0 Å². The molecule has 2 aliphatic carbocycles. The smallest absolute Gasteiger partial charge is 1.00 e. The van der Waals surface area contributed by atoms with Gasteiger partial charge in [-0.05, 0) is 0 Å². The fourth-order valence-corrected chi connectivity index (χ4v) is 23.5. The van der Waals surface area contributed by atoms with Gasteiger partial charge in [-0.1, -0.05) is 0 Å². The summed E-state index contributed by atoms with van der Waals surface area (Å²) in [5.41, 5.74) is 18.0. The van der Waals surface area contributed by atoms with Crippen LogP contribution in [0.2, 0.25) is 0 Å². The van der Waals surface area contributed by atoms with Gasteiger partial charge in [-0.15, -0.1) is 0 Å². The second kappa shape index (κ2) is 16.7. The van der Waals surface area contributed by atoms with Crippen molar-refractivity contribution in [3.05, 3.63) is 184 Å². The maximum Gasteiger partial charge on any atom is -1.00 e. The number of halogens is 2. The third kappa shape index (κ3) is 8.00. The molecular formula is C51H52Cl2SiZr. The first-order valence-electron chi connectivity index (χ1n) is 19.6. The molecule has 0 aliphatic heterocycles. The van der Waals surface area contributed by atoms with Crippen LogP contribution in [0.15, 0.2) is 145 Å². The summed E-state index contributed by atoms with van der Waals surface area (Å²) in [6, 6.07) is 54.2. The molecule has 0 fully saturated rings. The topological polar surface area (TPSA) is 0 Å². The molecule has 2 atom stereocenters. The van der Waals surface area contributed by atoms with E-state index in [2.05, 4.69) is 194 Å². The molecule has 0 saturated heterocycles. The van der Waals surface area contributed by atoms with Crippen LogP contribution >= 0.6 is 0 Å². The predicted octanol–water partition coefficient (Wildman–Crippen LogP) is 5.98. The van der Waals surface area contributed by atoms with Gasteiger partial charge in [-0.25, -0.2) is 0 Å². The molecular weight excluding hydrogens is 803 g/mol. The molecule has 6 aromatic carbocycles. The molecule has 0 N–H and O–H groups in total. The molecule has 8 rings (SSSR count). The van der Waals surface area contributed by atoms with Gasteiger partial charge in [0.1, 0.15) is 0 Å². The summed E-state index contributed by atoms with van der Waals surface area (Å²) < 4.78 is 0.489. The zero-order chi connectivity index (χ0) is 36.9. The van der Waals surface area contributed by atoms with Gasteiger partial charge in [-0.3, -0.25) is 0 Å². The van der Waals surface area contributed by atoms with Crippen LogP contribution in [-0.4, -0.2) is 5.92 Å². The van der Waals surface area contributed by atoms with Crippen molar-refractivity contribution in [2.24, 2.45) is 0 Å². The molecule has 2 aliphatic rings. The molecule has 0 nitrogen and oxygen atoms in total. The summed E-state index contributed by atoms with van der Waals surface area (Å²) >= 11 is -1.10. The first kappa shape index (κ1) is 41.4. The summed E-state index contributed by atoms with van der Waals surface area (Å²) in [5.74, 6) is -1.20. The summed E-state index contributed by atoms with van der Waals surface area (Å²) in [7, 11) is 0. The Labute approximate surface area is 354 Å². The Kier molecular flexibility index (Phi) is 12.6. The minimum Gasteiger partial charge on any atom is -1.00 e. The Morgan fingerprint density at radius 2 is 1.13 bits per heavy atom. The van der Waals surface area contributed by atoms with Gasteiger partial charge in [0.2, 0.25) is 0 Å². The molecule has 6 aromatic rings. The second-order valence-corrected chi connectivity index (χ2v) is 27.9. The first-order chi connectivity index (χ1) is 25.5. The molecule has 0 amide bonds. The van der Waals surface area contributed by atoms with Crippen molar-refractivity contribution >= 4 is 22.4 Å². The van der Waals surface area contributed by atoms with Gasteiger partial charge < -0.3 is 24.8 Å². The summed E-state index contributed by atoms with van der Waals surface area (Å²) in [4.78, 5) is 0. The molecule has 0 heterocycles. The quantitative estimate of drug-likeness (QED) is 0.166. The summed E-state index contributed by atoms with van der Waals surface area (Å²) in [5, 5.41) is 3.20. The molecule has 0 spiro atoms. The minimum atomic E-state index is -1.46. The Balaban J connectivity index is 0.00000257. The Hall–Kier alpha value is -3.26. The van der Waals surface area contributed by atoms with Crippen molar-refractivity contribution in [3.8, 4) is 22.3 Å². The molecule has 0 bridgehead atoms. The van der Waals surface area contributed by atoms with Gasteiger partial charge in [0, 0.05) is 0 Å². The third-order valence-electron chi connectivity index (χ3n) is 11.6. The first-order valence-corrected chi connectivity index (χ1v) is 27.0. The molecule has 55 heavy (non-hydrogen) atoms. The van der Waals surface area contributed by atoms with Crippen LogP contribution in [0.25, 0.3) is 28.3 Å². The number of hydrogen-bond donors (Lipinski definition) is 0. The van der Waals surface area contributed by atoms with E-state index < -0.39 is 28.3 Å². The summed E-state index contributed by atoms with van der Waals surface area (Å²) in [6.07, 6.45) is 4.84. The maximum absolute atomic E-state index is 2.67. The Bertz CT molecular complexity index is 2260. The molecule has 0 saturated carbocycles. The van der Waals surface area contributed by atoms with Crippen LogP contribution in [0.5, 0.6) is 0 Å². The number of rotatable bonds is 8. The zero-order valence-electron chi connectivity index (χ0n) is 33.3. The van der Waals surface area contributed by atoms with Crippen molar-refractivity contribution < 1.29 is 47.2 Å². The monoisotopic (exact) mass is 852 g/mol. The van der Waals surface area contributed by atoms with Crippen molar-refractivity contribution in [2.75, 3.05) is 0 Å². The van der Waals surface area contributed by atoms with E-state index in [-0.39, 0.29) is 41.6 Å². The van der Waals surface area contributed by atoms with E-state index in [0.717, 1.165) is 12.8 Å². The van der Waals surface area contributed by atoms with E-state index in [0.29, 0.717) is 3.63 Å². The van der Waals surface area contributed by atoms with E-state index in [1.807, 2.05) is 0 Å². The number of fused-ring (bicyclic) bond motifs is 4. The van der Waals surface area contributed by atoms with Crippen molar-refractivity contribution in [1.29, 1.82) is 0 Å². The van der Waals surface area contributed by atoms with Crippen LogP contribution in [0.1, 0.15) is 110 Å². The summed E-state index contributed by atoms with van der Waals surface area (Å²) in [6.45, 7) is 16.7. The predicted molar refractivity (Wildman–Crippen MR) is 227 cm³/mol. The van der Waals surface area contributed by atoms with Crippen molar-refractivity contribution in [2.45, 2.75) is 81.7 Å². The van der Waals surface area contributed by atoms with E-state index in [9.17, 15) is 0 Å². The van der Waals surface area contributed by atoms with Gasteiger partial charge in [0.15, 0.2) is 0 Å². The van der Waals surface area contributed by atoms with Crippen molar-refractivity contribution in [3.63, 3.8) is 0 Å². The number of allylic oxidation sites excluding steroid dienone is 1. The fourth-order valence-electron chi connectivity index (χ4n) is 8.78. The van der Waals surface area contributed by atoms with Crippen LogP contribution in [0.3, 0.4) is 0 Å². The van der Waals surface area contributed by atoms with Gasteiger partial charge in [0.25, 0.3) is 0 Å². The van der Waals surface area contributed by atoms with E-state index in [1.165, 1.54) is 44.5 Å². The fraction of sp³-hybridized carbons (Fsp3) is 0.255. The molecule has 4 heteroatoms. The van der Waals surface area contributed by atoms with E-state index >= 15 is 0 Å². The second-order valence-electron chi connectivity index (χ2n) is 17.3. The average molecular weight is 855 g/mol. The zero-order valence-corrected chi connectivity index (χ0v) is 38.4. The molecule has 0 aromatic heterocycles. The number of hydrogen-bond acceptors (Lipinski definition) is 0. The van der Waals surface area contributed by atoms with Crippen LogP contribution in [-0.2, 0) is 33.2 Å². The van der Waals surface area contributed by atoms with Gasteiger partial charge >= 0.3 is 333 Å². The van der Waals surface area contributed by atoms with Gasteiger partial charge in [-0.2, -0.15) is 0 Å².